The number of alkyl carbamates (subject to hydrolysis) is 1. The maximum Gasteiger partial charge on any atom is 0.414 e. The van der Waals surface area contributed by atoms with E-state index in [1.807, 2.05) is 42.6 Å². The van der Waals surface area contributed by atoms with Crippen molar-refractivity contribution in [3.05, 3.63) is 92.6 Å². The van der Waals surface area contributed by atoms with Crippen molar-refractivity contribution in [3.8, 4) is 11.1 Å². The van der Waals surface area contributed by atoms with Gasteiger partial charge in [-0.05, 0) is 75.4 Å². The van der Waals surface area contributed by atoms with E-state index in [2.05, 4.69) is 57.4 Å². The summed E-state index contributed by atoms with van der Waals surface area (Å²) in [6, 6.07) is 18.5. The molecule has 1 heterocycles. The molecule has 1 atom stereocenters. The Labute approximate surface area is 217 Å². The summed E-state index contributed by atoms with van der Waals surface area (Å²) >= 11 is 10.4. The van der Waals surface area contributed by atoms with Crippen molar-refractivity contribution in [3.63, 3.8) is 0 Å². The number of halogens is 1. The number of carbonyl (C=O) groups is 1. The van der Waals surface area contributed by atoms with Crippen LogP contribution in [0.4, 0.5) is 4.79 Å². The van der Waals surface area contributed by atoms with Crippen LogP contribution in [0.25, 0.3) is 11.1 Å². The SMILES string of the molecule is C=C(CO)CC(C)(NC(=S)OC(=O)NCC1c2ccccc2-c2ccccc21)c1cc(Br)cs1. The zero-order valence-corrected chi connectivity index (χ0v) is 21.9. The lowest BCUT2D eigenvalue weighted by Gasteiger charge is -2.31. The molecule has 5 nitrogen and oxygen atoms in total. The molecule has 4 rings (SSSR count). The van der Waals surface area contributed by atoms with Gasteiger partial charge in [-0.1, -0.05) is 55.1 Å². The van der Waals surface area contributed by atoms with Crippen LogP contribution in [0.15, 0.2) is 76.6 Å². The third kappa shape index (κ3) is 5.25. The summed E-state index contributed by atoms with van der Waals surface area (Å²) in [5, 5.41) is 17.4. The summed E-state index contributed by atoms with van der Waals surface area (Å²) < 4.78 is 6.34. The molecule has 0 radical (unpaired) electrons. The minimum atomic E-state index is -0.683. The van der Waals surface area contributed by atoms with E-state index in [1.165, 1.54) is 33.6 Å². The number of rotatable bonds is 7. The average Bonchev–Trinajstić information content (AvgIpc) is 3.39. The molecule has 2 aromatic carbocycles. The molecule has 1 aliphatic rings. The van der Waals surface area contributed by atoms with Gasteiger partial charge in [-0.25, -0.2) is 4.79 Å². The molecule has 0 aliphatic heterocycles. The molecule has 0 fully saturated rings. The molecule has 1 aromatic heterocycles. The minimum absolute atomic E-state index is 0.0394. The van der Waals surface area contributed by atoms with Crippen molar-refractivity contribution < 1.29 is 14.6 Å². The number of aliphatic hydroxyl groups excluding tert-OH is 1. The van der Waals surface area contributed by atoms with Crippen molar-refractivity contribution in [2.45, 2.75) is 24.8 Å². The number of thiocarbonyl (C=S) groups is 1. The molecule has 0 spiro atoms. The Bertz CT molecular complexity index is 1200. The van der Waals surface area contributed by atoms with Crippen LogP contribution >= 0.6 is 39.5 Å². The smallest absolute Gasteiger partial charge is 0.392 e. The Morgan fingerprint density at radius 1 is 1.21 bits per heavy atom. The lowest BCUT2D eigenvalue weighted by molar-refractivity contribution is 0.194. The first-order chi connectivity index (χ1) is 16.3. The number of aliphatic hydroxyl groups is 1. The Morgan fingerprint density at radius 2 is 1.82 bits per heavy atom. The van der Waals surface area contributed by atoms with Gasteiger partial charge in [0.2, 0.25) is 0 Å². The predicted octanol–water partition coefficient (Wildman–Crippen LogP) is 6.08. The van der Waals surface area contributed by atoms with Crippen LogP contribution in [0, 0.1) is 0 Å². The fourth-order valence-electron chi connectivity index (χ4n) is 4.39. The van der Waals surface area contributed by atoms with Crippen LogP contribution in [0.3, 0.4) is 0 Å². The Balaban J connectivity index is 1.41. The Kier molecular flexibility index (Phi) is 7.52. The monoisotopic (exact) mass is 556 g/mol. The van der Waals surface area contributed by atoms with Gasteiger partial charge in [-0.2, -0.15) is 0 Å². The van der Waals surface area contributed by atoms with Crippen molar-refractivity contribution in [1.82, 2.24) is 10.6 Å². The number of carbonyl (C=O) groups excluding carboxylic acids is 1. The average molecular weight is 558 g/mol. The molecule has 1 amide bonds. The fourth-order valence-corrected chi connectivity index (χ4v) is 6.24. The topological polar surface area (TPSA) is 70.6 Å². The molecule has 3 N–H and O–H groups in total. The van der Waals surface area contributed by atoms with Gasteiger partial charge in [0.05, 0.1) is 12.1 Å². The van der Waals surface area contributed by atoms with Crippen molar-refractivity contribution >= 4 is 50.8 Å². The maximum absolute atomic E-state index is 12.6. The van der Waals surface area contributed by atoms with Crippen molar-refractivity contribution in [1.29, 1.82) is 0 Å². The quantitative estimate of drug-likeness (QED) is 0.243. The van der Waals surface area contributed by atoms with Gasteiger partial charge < -0.3 is 20.5 Å². The number of nitrogens with one attached hydrogen (secondary N) is 2. The highest BCUT2D eigenvalue weighted by atomic mass is 79.9. The number of amides is 1. The van der Waals surface area contributed by atoms with Gasteiger partial charge in [0, 0.05) is 27.2 Å². The van der Waals surface area contributed by atoms with Crippen molar-refractivity contribution in [2.24, 2.45) is 0 Å². The number of thiophene rings is 1. The van der Waals surface area contributed by atoms with E-state index in [4.69, 9.17) is 17.0 Å². The first-order valence-corrected chi connectivity index (χ1v) is 12.9. The van der Waals surface area contributed by atoms with Crippen LogP contribution in [0.5, 0.6) is 0 Å². The number of hydrogen-bond donors (Lipinski definition) is 3. The van der Waals surface area contributed by atoms with Crippen LogP contribution < -0.4 is 10.6 Å². The van der Waals surface area contributed by atoms with Gasteiger partial charge in [-0.3, -0.25) is 0 Å². The van der Waals surface area contributed by atoms with Gasteiger partial charge in [0.1, 0.15) is 0 Å². The van der Waals surface area contributed by atoms with Gasteiger partial charge >= 0.3 is 6.09 Å². The molecule has 176 valence electrons. The number of ether oxygens (including phenoxy) is 1. The summed E-state index contributed by atoms with van der Waals surface area (Å²) in [4.78, 5) is 13.6. The number of fused-ring (bicyclic) bond motifs is 3. The molecule has 0 bridgehead atoms. The van der Waals surface area contributed by atoms with Gasteiger partial charge in [-0.15, -0.1) is 11.3 Å². The van der Waals surface area contributed by atoms with E-state index in [1.54, 1.807) is 0 Å². The van der Waals surface area contributed by atoms with Crippen molar-refractivity contribution in [2.75, 3.05) is 13.2 Å². The molecular weight excluding hydrogens is 532 g/mol. The lowest BCUT2D eigenvalue weighted by Crippen LogP contribution is -2.45. The van der Waals surface area contributed by atoms with E-state index < -0.39 is 11.6 Å². The molecule has 1 unspecified atom stereocenters. The summed E-state index contributed by atoms with van der Waals surface area (Å²) in [6.45, 7) is 6.10. The van der Waals surface area contributed by atoms with Crippen LogP contribution in [0.1, 0.15) is 35.3 Å². The zero-order valence-electron chi connectivity index (χ0n) is 18.6. The van der Waals surface area contributed by atoms with Crippen LogP contribution in [-0.2, 0) is 10.3 Å². The summed E-state index contributed by atoms with van der Waals surface area (Å²) in [6.07, 6.45) is -0.188. The summed E-state index contributed by atoms with van der Waals surface area (Å²) in [5.74, 6) is 0.0445. The second-order valence-electron chi connectivity index (χ2n) is 8.46. The summed E-state index contributed by atoms with van der Waals surface area (Å²) in [7, 11) is 0. The van der Waals surface area contributed by atoms with E-state index in [0.717, 1.165) is 9.35 Å². The number of hydrogen-bond acceptors (Lipinski definition) is 5. The standard InChI is InChI=1S/C26H25BrN2O3S2/c1-16(14-30)12-26(2,23-11-17(27)15-34-23)29-25(33)32-24(31)28-13-22-20-9-5-3-7-18(20)19-8-4-6-10-21(19)22/h3-11,15,22,30H,1,12-14H2,2H3,(H,28,31)(H,29,33). The number of benzene rings is 2. The van der Waals surface area contributed by atoms with Crippen LogP contribution in [0.2, 0.25) is 0 Å². The largest absolute Gasteiger partial charge is 0.414 e. The summed E-state index contributed by atoms with van der Waals surface area (Å²) in [5.41, 5.74) is 4.71. The highest BCUT2D eigenvalue weighted by Gasteiger charge is 2.32. The Morgan fingerprint density at radius 3 is 2.38 bits per heavy atom. The second kappa shape index (κ2) is 10.4. The lowest BCUT2D eigenvalue weighted by atomic mass is 9.92. The third-order valence-electron chi connectivity index (χ3n) is 5.91. The molecular formula is C26H25BrN2O3S2. The fraction of sp³-hybridized carbons (Fsp3) is 0.231. The zero-order chi connectivity index (χ0) is 24.3. The molecule has 8 heteroatoms. The van der Waals surface area contributed by atoms with E-state index in [9.17, 15) is 9.90 Å². The highest BCUT2D eigenvalue weighted by Crippen LogP contribution is 2.44. The van der Waals surface area contributed by atoms with Gasteiger partial charge in [0.15, 0.2) is 0 Å². The second-order valence-corrected chi connectivity index (χ2v) is 10.7. The molecule has 3 aromatic rings. The van der Waals surface area contributed by atoms with E-state index in [-0.39, 0.29) is 17.7 Å². The minimum Gasteiger partial charge on any atom is -0.392 e. The normalized spacial score (nSPS) is 14.0. The maximum atomic E-state index is 12.6. The van der Waals surface area contributed by atoms with Crippen LogP contribution in [-0.4, -0.2) is 29.5 Å². The molecule has 1 aliphatic carbocycles. The Hall–Kier alpha value is -2.52. The molecule has 0 saturated carbocycles. The van der Waals surface area contributed by atoms with E-state index in [0.29, 0.717) is 18.5 Å². The third-order valence-corrected chi connectivity index (χ3v) is 8.06. The van der Waals surface area contributed by atoms with E-state index >= 15 is 0 Å². The molecule has 0 saturated heterocycles. The first kappa shape index (κ1) is 24.6. The van der Waals surface area contributed by atoms with Gasteiger partial charge in [0.25, 0.3) is 5.17 Å². The highest BCUT2D eigenvalue weighted by molar-refractivity contribution is 9.10. The molecule has 34 heavy (non-hydrogen) atoms. The predicted molar refractivity (Wildman–Crippen MR) is 144 cm³/mol. The first-order valence-electron chi connectivity index (χ1n) is 10.8.